The molecule has 0 fully saturated rings. The molecule has 3 aromatic rings. The summed E-state index contributed by atoms with van der Waals surface area (Å²) in [6, 6.07) is 10.5. The molecule has 1 amide bonds. The van der Waals surface area contributed by atoms with Crippen molar-refractivity contribution in [2.75, 3.05) is 11.9 Å². The Labute approximate surface area is 172 Å². The number of esters is 1. The van der Waals surface area contributed by atoms with Crippen molar-refractivity contribution in [3.05, 3.63) is 69.8 Å². The van der Waals surface area contributed by atoms with Crippen LogP contribution in [0.5, 0.6) is 0 Å². The predicted octanol–water partition coefficient (Wildman–Crippen LogP) is 5.59. The van der Waals surface area contributed by atoms with Gasteiger partial charge in [-0.25, -0.2) is 4.79 Å². The highest BCUT2D eigenvalue weighted by molar-refractivity contribution is 7.17. The minimum atomic E-state index is -0.457. The van der Waals surface area contributed by atoms with Gasteiger partial charge in [-0.05, 0) is 43.2 Å². The Morgan fingerprint density at radius 1 is 1.14 bits per heavy atom. The quantitative estimate of drug-likeness (QED) is 0.534. The van der Waals surface area contributed by atoms with Crippen molar-refractivity contribution in [3.63, 3.8) is 0 Å². The van der Waals surface area contributed by atoms with Gasteiger partial charge in [0, 0.05) is 33.4 Å². The van der Waals surface area contributed by atoms with Crippen molar-refractivity contribution in [1.82, 2.24) is 4.98 Å². The molecule has 2 heterocycles. The molecule has 1 aromatic carbocycles. The lowest BCUT2D eigenvalue weighted by Crippen LogP contribution is -2.15. The fraction of sp³-hybridized carbons (Fsp3) is 0.190. The van der Waals surface area contributed by atoms with E-state index in [1.54, 1.807) is 36.7 Å². The Hall–Kier alpha value is -2.70. The number of amides is 1. The fourth-order valence-electron chi connectivity index (χ4n) is 2.74. The molecule has 7 heteroatoms. The van der Waals surface area contributed by atoms with Crippen molar-refractivity contribution in [2.24, 2.45) is 0 Å². The number of hydrogen-bond acceptors (Lipinski definition) is 5. The van der Waals surface area contributed by atoms with Crippen molar-refractivity contribution in [1.29, 1.82) is 0 Å². The number of carbonyl (C=O) groups is 2. The number of rotatable bonds is 6. The lowest BCUT2D eigenvalue weighted by molar-refractivity contribution is 0.0507. The summed E-state index contributed by atoms with van der Waals surface area (Å²) in [7, 11) is 0. The Morgan fingerprint density at radius 3 is 2.46 bits per heavy atom. The third kappa shape index (κ3) is 4.40. The van der Waals surface area contributed by atoms with Gasteiger partial charge in [0.05, 0.1) is 6.61 Å². The van der Waals surface area contributed by atoms with Crippen LogP contribution in [0.1, 0.15) is 38.9 Å². The number of carbonyl (C=O) groups excluding carboxylic acids is 2. The van der Waals surface area contributed by atoms with Crippen molar-refractivity contribution in [3.8, 4) is 11.1 Å². The van der Waals surface area contributed by atoms with E-state index in [1.807, 2.05) is 26.0 Å². The van der Waals surface area contributed by atoms with Gasteiger partial charge in [0.2, 0.25) is 0 Å². The monoisotopic (exact) mass is 414 g/mol. The molecule has 144 valence electrons. The van der Waals surface area contributed by atoms with Gasteiger partial charge in [-0.15, -0.1) is 11.3 Å². The Balaban J connectivity index is 2.04. The van der Waals surface area contributed by atoms with Crippen molar-refractivity contribution in [2.45, 2.75) is 20.3 Å². The molecule has 0 unspecified atom stereocenters. The van der Waals surface area contributed by atoms with E-state index in [4.69, 9.17) is 16.3 Å². The molecule has 0 radical (unpaired) electrons. The Bertz CT molecular complexity index is 985. The Kier molecular flexibility index (Phi) is 6.44. The summed E-state index contributed by atoms with van der Waals surface area (Å²) in [5, 5.41) is 3.92. The van der Waals surface area contributed by atoms with Gasteiger partial charge in [-0.2, -0.15) is 0 Å². The SMILES string of the molecule is CCCOC(=O)c1c(NC(=O)c2ccncc2)sc(C)c1-c1ccc(Cl)cc1. The van der Waals surface area contributed by atoms with Gasteiger partial charge in [0.25, 0.3) is 5.91 Å². The number of aryl methyl sites for hydroxylation is 1. The molecule has 3 rings (SSSR count). The van der Waals surface area contributed by atoms with E-state index in [0.29, 0.717) is 34.2 Å². The van der Waals surface area contributed by atoms with Crippen LogP contribution in [-0.2, 0) is 4.74 Å². The lowest BCUT2D eigenvalue weighted by atomic mass is 10.0. The molecule has 0 saturated heterocycles. The predicted molar refractivity (Wildman–Crippen MR) is 112 cm³/mol. The Morgan fingerprint density at radius 2 is 1.82 bits per heavy atom. The van der Waals surface area contributed by atoms with Crippen LogP contribution in [0.25, 0.3) is 11.1 Å². The van der Waals surface area contributed by atoms with E-state index in [9.17, 15) is 9.59 Å². The zero-order chi connectivity index (χ0) is 20.1. The van der Waals surface area contributed by atoms with Crippen LogP contribution in [-0.4, -0.2) is 23.5 Å². The summed E-state index contributed by atoms with van der Waals surface area (Å²) in [4.78, 5) is 30.2. The van der Waals surface area contributed by atoms with Crippen LogP contribution in [0.4, 0.5) is 5.00 Å². The number of nitrogens with zero attached hydrogens (tertiary/aromatic N) is 1. The molecular weight excluding hydrogens is 396 g/mol. The molecule has 0 spiro atoms. The van der Waals surface area contributed by atoms with Crippen LogP contribution < -0.4 is 5.32 Å². The summed E-state index contributed by atoms with van der Waals surface area (Å²) in [6.07, 6.45) is 3.80. The van der Waals surface area contributed by atoms with E-state index in [0.717, 1.165) is 16.0 Å². The van der Waals surface area contributed by atoms with Crippen LogP contribution in [0, 0.1) is 6.92 Å². The van der Waals surface area contributed by atoms with E-state index < -0.39 is 5.97 Å². The molecule has 0 aliphatic heterocycles. The third-order valence-corrected chi connectivity index (χ3v) is 5.30. The smallest absolute Gasteiger partial charge is 0.341 e. The largest absolute Gasteiger partial charge is 0.462 e. The molecule has 2 aromatic heterocycles. The minimum absolute atomic E-state index is 0.309. The average Bonchev–Trinajstić information content (AvgIpc) is 3.03. The molecule has 28 heavy (non-hydrogen) atoms. The third-order valence-electron chi connectivity index (χ3n) is 4.03. The second-order valence-corrected chi connectivity index (χ2v) is 7.73. The van der Waals surface area contributed by atoms with Crippen LogP contribution in [0.2, 0.25) is 5.02 Å². The highest BCUT2D eigenvalue weighted by atomic mass is 35.5. The van der Waals surface area contributed by atoms with Gasteiger partial charge in [0.1, 0.15) is 10.6 Å². The molecule has 0 atom stereocenters. The first-order valence-electron chi connectivity index (χ1n) is 8.79. The summed E-state index contributed by atoms with van der Waals surface area (Å²) < 4.78 is 5.38. The topological polar surface area (TPSA) is 68.3 Å². The first-order valence-corrected chi connectivity index (χ1v) is 9.98. The van der Waals surface area contributed by atoms with Gasteiger partial charge in [0.15, 0.2) is 0 Å². The van der Waals surface area contributed by atoms with E-state index in [-0.39, 0.29) is 5.91 Å². The van der Waals surface area contributed by atoms with Gasteiger partial charge in [-0.3, -0.25) is 9.78 Å². The number of hydrogen-bond donors (Lipinski definition) is 1. The minimum Gasteiger partial charge on any atom is -0.462 e. The maximum atomic E-state index is 12.8. The highest BCUT2D eigenvalue weighted by Crippen LogP contribution is 2.40. The van der Waals surface area contributed by atoms with E-state index in [1.165, 1.54) is 11.3 Å². The van der Waals surface area contributed by atoms with Crippen LogP contribution in [0.3, 0.4) is 0 Å². The standard InChI is InChI=1S/C21H19ClN2O3S/c1-3-12-27-21(26)18-17(14-4-6-16(22)7-5-14)13(2)28-20(18)24-19(25)15-8-10-23-11-9-15/h4-11H,3,12H2,1-2H3,(H,24,25). The van der Waals surface area contributed by atoms with Gasteiger partial charge >= 0.3 is 5.97 Å². The second kappa shape index (κ2) is 8.99. The number of nitrogens with one attached hydrogen (secondary N) is 1. The van der Waals surface area contributed by atoms with Crippen LogP contribution in [0.15, 0.2) is 48.8 Å². The summed E-state index contributed by atoms with van der Waals surface area (Å²) >= 11 is 7.34. The number of aromatic nitrogens is 1. The first kappa shape index (κ1) is 20.0. The number of thiophene rings is 1. The number of pyridine rings is 1. The van der Waals surface area contributed by atoms with Gasteiger partial charge < -0.3 is 10.1 Å². The fourth-order valence-corrected chi connectivity index (χ4v) is 3.92. The average molecular weight is 415 g/mol. The summed E-state index contributed by atoms with van der Waals surface area (Å²) in [5.41, 5.74) is 2.40. The van der Waals surface area contributed by atoms with Crippen molar-refractivity contribution < 1.29 is 14.3 Å². The molecule has 0 aliphatic rings. The molecule has 0 saturated carbocycles. The number of benzene rings is 1. The maximum absolute atomic E-state index is 12.8. The number of halogens is 1. The number of anilines is 1. The maximum Gasteiger partial charge on any atom is 0.341 e. The van der Waals surface area contributed by atoms with E-state index in [2.05, 4.69) is 10.3 Å². The normalized spacial score (nSPS) is 10.5. The second-order valence-electron chi connectivity index (χ2n) is 6.07. The van der Waals surface area contributed by atoms with Crippen molar-refractivity contribution >= 4 is 39.8 Å². The van der Waals surface area contributed by atoms with E-state index >= 15 is 0 Å². The molecule has 5 nitrogen and oxygen atoms in total. The molecule has 0 aliphatic carbocycles. The zero-order valence-corrected chi connectivity index (χ0v) is 17.1. The zero-order valence-electron chi connectivity index (χ0n) is 15.5. The lowest BCUT2D eigenvalue weighted by Gasteiger charge is -2.10. The van der Waals surface area contributed by atoms with Crippen LogP contribution >= 0.6 is 22.9 Å². The highest BCUT2D eigenvalue weighted by Gasteiger charge is 2.25. The summed E-state index contributed by atoms with van der Waals surface area (Å²) in [5.74, 6) is -0.767. The molecule has 0 bridgehead atoms. The molecular formula is C21H19ClN2O3S. The van der Waals surface area contributed by atoms with Gasteiger partial charge in [-0.1, -0.05) is 30.7 Å². The first-order chi connectivity index (χ1) is 13.5. The number of ether oxygens (including phenoxy) is 1. The summed E-state index contributed by atoms with van der Waals surface area (Å²) in [6.45, 7) is 4.15. The molecule has 1 N–H and O–H groups in total.